The van der Waals surface area contributed by atoms with Gasteiger partial charge in [0.2, 0.25) is 0 Å². The van der Waals surface area contributed by atoms with Crippen LogP contribution in [0.5, 0.6) is 11.5 Å². The molecular weight excluding hydrogens is 530 g/mol. The van der Waals surface area contributed by atoms with Gasteiger partial charge in [0.1, 0.15) is 0 Å². The van der Waals surface area contributed by atoms with E-state index in [-0.39, 0.29) is 0 Å². The van der Waals surface area contributed by atoms with Crippen molar-refractivity contribution < 1.29 is 25.0 Å². The first-order chi connectivity index (χ1) is 19.4. The van der Waals surface area contributed by atoms with E-state index in [0.717, 1.165) is 56.0 Å². The second-order valence-electron chi connectivity index (χ2n) is 9.24. The Labute approximate surface area is 237 Å². The maximum atomic E-state index is 6.73. The van der Waals surface area contributed by atoms with Crippen molar-refractivity contribution in [3.05, 3.63) is 158 Å². The van der Waals surface area contributed by atoms with Crippen LogP contribution in [0.1, 0.15) is 0 Å². The van der Waals surface area contributed by atoms with Crippen molar-refractivity contribution >= 4 is 0 Å². The van der Waals surface area contributed by atoms with Crippen LogP contribution in [0.4, 0.5) is 0 Å². The third-order valence-electron chi connectivity index (χ3n) is 6.78. The number of benzene rings is 6. The van der Waals surface area contributed by atoms with Gasteiger partial charge in [-0.15, -0.1) is 0 Å². The quantitative estimate of drug-likeness (QED) is 0.174. The van der Waals surface area contributed by atoms with Crippen molar-refractivity contribution in [2.75, 3.05) is 0 Å². The van der Waals surface area contributed by atoms with Crippen LogP contribution in [0.15, 0.2) is 158 Å². The summed E-state index contributed by atoms with van der Waals surface area (Å²) in [7, 11) is 0. The number of para-hydroxylation sites is 2. The van der Waals surface area contributed by atoms with Crippen LogP contribution in [0.2, 0.25) is 0 Å². The van der Waals surface area contributed by atoms with Crippen LogP contribution in [-0.2, 0) is 17.8 Å². The molecule has 0 saturated carbocycles. The fourth-order valence-corrected chi connectivity index (χ4v) is 6.84. The van der Waals surface area contributed by atoms with E-state index in [1.165, 1.54) is 0 Å². The zero-order valence-electron chi connectivity index (χ0n) is 21.5. The van der Waals surface area contributed by atoms with Crippen LogP contribution in [0.3, 0.4) is 0 Å². The molecule has 0 aliphatic carbocycles. The van der Waals surface area contributed by atoms with Crippen molar-refractivity contribution in [1.82, 2.24) is 0 Å². The standard InChI is InChI=1S/2C18H14O.Zn/c2*19-18-16(14-8-3-1-4-9-14)12-7-13-17(18)15-10-5-2-6-11-15;/h2*1-13,19H;/q;;+2/p-2. The van der Waals surface area contributed by atoms with Crippen LogP contribution >= 0.6 is 0 Å². The molecule has 0 saturated heterocycles. The molecule has 0 atom stereocenters. The van der Waals surface area contributed by atoms with Crippen LogP contribution in [0, 0.1) is 0 Å². The molecule has 0 amide bonds. The van der Waals surface area contributed by atoms with Gasteiger partial charge < -0.3 is 0 Å². The predicted molar refractivity (Wildman–Crippen MR) is 156 cm³/mol. The van der Waals surface area contributed by atoms with Crippen LogP contribution in [0.25, 0.3) is 44.5 Å². The summed E-state index contributed by atoms with van der Waals surface area (Å²) in [4.78, 5) is 0. The molecule has 3 heteroatoms. The van der Waals surface area contributed by atoms with E-state index < -0.39 is 17.8 Å². The average molecular weight is 556 g/mol. The molecule has 0 heterocycles. The number of hydrogen-bond donors (Lipinski definition) is 0. The molecule has 39 heavy (non-hydrogen) atoms. The van der Waals surface area contributed by atoms with Gasteiger partial charge in [-0.3, -0.25) is 0 Å². The Bertz CT molecular complexity index is 1410. The first-order valence-electron chi connectivity index (χ1n) is 13.1. The summed E-state index contributed by atoms with van der Waals surface area (Å²) in [5.41, 5.74) is 8.81. The van der Waals surface area contributed by atoms with Gasteiger partial charge in [-0.2, -0.15) is 0 Å². The van der Waals surface area contributed by atoms with Gasteiger partial charge in [0.05, 0.1) is 0 Å². The molecule has 0 spiro atoms. The SMILES string of the molecule is c1ccc(-c2cccc(-c3ccccc3)c2[O][Zn][O]c2c(-c3ccccc3)cccc2-c2ccccc2)cc1. The van der Waals surface area contributed by atoms with Gasteiger partial charge in [-0.1, -0.05) is 0 Å². The summed E-state index contributed by atoms with van der Waals surface area (Å²) in [6, 6.07) is 54.4. The molecule has 184 valence electrons. The van der Waals surface area contributed by atoms with Crippen LogP contribution in [-0.4, -0.2) is 0 Å². The Morgan fingerprint density at radius 3 is 0.795 bits per heavy atom. The third-order valence-corrected chi connectivity index (χ3v) is 8.48. The van der Waals surface area contributed by atoms with Gasteiger partial charge >= 0.3 is 239 Å². The Morgan fingerprint density at radius 2 is 0.538 bits per heavy atom. The first-order valence-corrected chi connectivity index (χ1v) is 15.5. The Morgan fingerprint density at radius 1 is 0.282 bits per heavy atom. The molecule has 0 N–H and O–H groups in total. The molecule has 0 radical (unpaired) electrons. The maximum absolute atomic E-state index is 6.73. The van der Waals surface area contributed by atoms with Gasteiger partial charge in [0.25, 0.3) is 0 Å². The predicted octanol–water partition coefficient (Wildman–Crippen LogP) is 9.72. The monoisotopic (exact) mass is 554 g/mol. The Balaban J connectivity index is 1.40. The fraction of sp³-hybridized carbons (Fsp3) is 0. The van der Waals surface area contributed by atoms with Gasteiger partial charge in [0.15, 0.2) is 0 Å². The molecule has 0 unspecified atom stereocenters. The zero-order chi connectivity index (χ0) is 26.3. The van der Waals surface area contributed by atoms with E-state index >= 15 is 0 Å². The normalized spacial score (nSPS) is 10.5. The molecule has 6 aromatic rings. The van der Waals surface area contributed by atoms with E-state index in [0.29, 0.717) is 0 Å². The van der Waals surface area contributed by atoms with Crippen molar-refractivity contribution in [1.29, 1.82) is 0 Å². The fourth-order valence-electron chi connectivity index (χ4n) is 4.91. The molecule has 2 nitrogen and oxygen atoms in total. The summed E-state index contributed by atoms with van der Waals surface area (Å²) in [5, 5.41) is 0. The van der Waals surface area contributed by atoms with E-state index in [4.69, 9.17) is 7.13 Å². The molecule has 0 aliphatic heterocycles. The second-order valence-corrected chi connectivity index (χ2v) is 10.9. The summed E-state index contributed by atoms with van der Waals surface area (Å²) in [6.45, 7) is 0. The van der Waals surface area contributed by atoms with Crippen LogP contribution < -0.4 is 7.13 Å². The Kier molecular flexibility index (Phi) is 7.61. The molecular formula is C36H26O2Zn. The van der Waals surface area contributed by atoms with Crippen molar-refractivity contribution in [3.8, 4) is 56.0 Å². The minimum absolute atomic E-state index is 0.883. The van der Waals surface area contributed by atoms with Crippen molar-refractivity contribution in [3.63, 3.8) is 0 Å². The molecule has 0 bridgehead atoms. The summed E-state index contributed by atoms with van der Waals surface area (Å²) in [6.07, 6.45) is 0. The van der Waals surface area contributed by atoms with Crippen molar-refractivity contribution in [2.45, 2.75) is 0 Å². The topological polar surface area (TPSA) is 18.5 Å². The summed E-state index contributed by atoms with van der Waals surface area (Å²) >= 11 is -2.03. The number of rotatable bonds is 8. The first kappa shape index (κ1) is 24.9. The van der Waals surface area contributed by atoms with Gasteiger partial charge in [0, 0.05) is 0 Å². The molecule has 6 aromatic carbocycles. The van der Waals surface area contributed by atoms with E-state index in [2.05, 4.69) is 133 Å². The van der Waals surface area contributed by atoms with Crippen molar-refractivity contribution in [2.24, 2.45) is 0 Å². The molecule has 0 aromatic heterocycles. The molecule has 0 fully saturated rings. The number of hydrogen-bond acceptors (Lipinski definition) is 2. The van der Waals surface area contributed by atoms with E-state index in [1.54, 1.807) is 0 Å². The Hall–Kier alpha value is -4.46. The van der Waals surface area contributed by atoms with E-state index in [9.17, 15) is 0 Å². The van der Waals surface area contributed by atoms with Gasteiger partial charge in [-0.25, -0.2) is 0 Å². The average Bonchev–Trinajstić information content (AvgIpc) is 3.03. The molecule has 6 rings (SSSR count). The molecule has 0 aliphatic rings. The summed E-state index contributed by atoms with van der Waals surface area (Å²) in [5.74, 6) is 1.77. The van der Waals surface area contributed by atoms with E-state index in [1.807, 2.05) is 24.3 Å². The second kappa shape index (κ2) is 11.9. The zero-order valence-corrected chi connectivity index (χ0v) is 24.5. The summed E-state index contributed by atoms with van der Waals surface area (Å²) < 4.78 is 13.5. The minimum atomic E-state index is -2.03. The third kappa shape index (κ3) is 5.55. The van der Waals surface area contributed by atoms with Gasteiger partial charge in [-0.05, 0) is 0 Å².